The summed E-state index contributed by atoms with van der Waals surface area (Å²) in [5.74, 6) is 0. The Labute approximate surface area is 140 Å². The van der Waals surface area contributed by atoms with Crippen LogP contribution in [0.25, 0.3) is 0 Å². The molecule has 0 radical (unpaired) electrons. The molecule has 1 N–H and O–H groups in total. The van der Waals surface area contributed by atoms with E-state index in [-0.39, 0.29) is 31.2 Å². The normalized spacial score (nSPS) is 18.2. The summed E-state index contributed by atoms with van der Waals surface area (Å²) in [6.45, 7) is 4.94. The van der Waals surface area contributed by atoms with Crippen molar-refractivity contribution in [3.05, 3.63) is 35.4 Å². The van der Waals surface area contributed by atoms with Crippen LogP contribution in [0.4, 0.5) is 13.2 Å². The van der Waals surface area contributed by atoms with Crippen LogP contribution < -0.4 is 4.72 Å². The average molecular weight is 365 g/mol. The highest BCUT2D eigenvalue weighted by Crippen LogP contribution is 2.32. The zero-order valence-corrected chi connectivity index (χ0v) is 14.5. The molecule has 1 aliphatic rings. The van der Waals surface area contributed by atoms with Gasteiger partial charge in [-0.1, -0.05) is 18.2 Å². The minimum Gasteiger partial charge on any atom is -0.296 e. The largest absolute Gasteiger partial charge is 0.416 e. The molecular formula is C15H22F3N3O2S. The Morgan fingerprint density at radius 2 is 1.71 bits per heavy atom. The molecule has 1 heterocycles. The van der Waals surface area contributed by atoms with Crippen molar-refractivity contribution in [2.75, 3.05) is 26.2 Å². The van der Waals surface area contributed by atoms with Crippen molar-refractivity contribution in [3.63, 3.8) is 0 Å². The van der Waals surface area contributed by atoms with Crippen molar-refractivity contribution in [2.24, 2.45) is 0 Å². The van der Waals surface area contributed by atoms with Gasteiger partial charge in [-0.2, -0.15) is 30.6 Å². The van der Waals surface area contributed by atoms with Crippen LogP contribution in [-0.2, 0) is 22.9 Å². The lowest BCUT2D eigenvalue weighted by molar-refractivity contribution is -0.138. The molecule has 0 amide bonds. The molecule has 2 rings (SSSR count). The molecular weight excluding hydrogens is 343 g/mol. The fourth-order valence-electron chi connectivity index (χ4n) is 2.68. The minimum absolute atomic E-state index is 0.154. The van der Waals surface area contributed by atoms with E-state index >= 15 is 0 Å². The summed E-state index contributed by atoms with van der Waals surface area (Å²) in [5.41, 5.74) is -0.428. The van der Waals surface area contributed by atoms with E-state index in [1.54, 1.807) is 19.9 Å². The van der Waals surface area contributed by atoms with Gasteiger partial charge in [-0.15, -0.1) is 0 Å². The van der Waals surface area contributed by atoms with E-state index in [1.807, 2.05) is 4.90 Å². The molecule has 1 saturated heterocycles. The van der Waals surface area contributed by atoms with Crippen LogP contribution in [0.5, 0.6) is 0 Å². The molecule has 9 heteroatoms. The third kappa shape index (κ3) is 4.92. The number of hydrogen-bond donors (Lipinski definition) is 1. The number of nitrogens with one attached hydrogen (secondary N) is 1. The topological polar surface area (TPSA) is 52.7 Å². The van der Waals surface area contributed by atoms with E-state index in [0.29, 0.717) is 13.1 Å². The number of halogens is 3. The molecule has 0 bridgehead atoms. The van der Waals surface area contributed by atoms with Crippen LogP contribution >= 0.6 is 0 Å². The predicted octanol–water partition coefficient (Wildman–Crippen LogP) is 2.07. The van der Waals surface area contributed by atoms with E-state index < -0.39 is 21.9 Å². The summed E-state index contributed by atoms with van der Waals surface area (Å²) in [5, 5.41) is 0. The number of nitrogens with zero attached hydrogens (tertiary/aromatic N) is 2. The second-order valence-corrected chi connectivity index (χ2v) is 7.81. The maximum atomic E-state index is 13.0. The Morgan fingerprint density at radius 1 is 1.12 bits per heavy atom. The molecule has 0 saturated carbocycles. The fraction of sp³-hybridized carbons (Fsp3) is 0.600. The van der Waals surface area contributed by atoms with Gasteiger partial charge in [0.2, 0.25) is 0 Å². The number of alkyl halides is 3. The third-order valence-corrected chi connectivity index (χ3v) is 5.59. The first-order valence-corrected chi connectivity index (χ1v) is 9.18. The van der Waals surface area contributed by atoms with Crippen molar-refractivity contribution in [3.8, 4) is 0 Å². The molecule has 136 valence electrons. The van der Waals surface area contributed by atoms with Gasteiger partial charge in [-0.25, -0.2) is 0 Å². The lowest BCUT2D eigenvalue weighted by Gasteiger charge is -2.34. The van der Waals surface area contributed by atoms with Crippen LogP contribution in [0.1, 0.15) is 25.0 Å². The summed E-state index contributed by atoms with van der Waals surface area (Å²) in [6, 6.07) is 5.29. The lowest BCUT2D eigenvalue weighted by Crippen LogP contribution is -2.52. The Bertz CT molecular complexity index is 654. The summed E-state index contributed by atoms with van der Waals surface area (Å²) in [6.07, 6.45) is -4.39. The first-order chi connectivity index (χ1) is 11.1. The van der Waals surface area contributed by atoms with Gasteiger partial charge in [0.1, 0.15) is 0 Å². The Balaban J connectivity index is 2.00. The number of rotatable bonds is 5. The zero-order chi connectivity index (χ0) is 18.0. The third-order valence-electron chi connectivity index (χ3n) is 3.77. The lowest BCUT2D eigenvalue weighted by atomic mass is 10.1. The van der Waals surface area contributed by atoms with Gasteiger partial charge in [0, 0.05) is 38.8 Å². The van der Waals surface area contributed by atoms with Gasteiger partial charge >= 0.3 is 6.18 Å². The Kier molecular flexibility index (Phi) is 5.90. The maximum absolute atomic E-state index is 13.0. The molecule has 0 aliphatic carbocycles. The van der Waals surface area contributed by atoms with Crippen LogP contribution in [0.3, 0.4) is 0 Å². The number of piperazine rings is 1. The van der Waals surface area contributed by atoms with E-state index in [9.17, 15) is 21.6 Å². The Morgan fingerprint density at radius 3 is 2.25 bits per heavy atom. The van der Waals surface area contributed by atoms with Crippen LogP contribution in [-0.4, -0.2) is 49.8 Å². The molecule has 0 aromatic heterocycles. The quantitative estimate of drug-likeness (QED) is 0.869. The predicted molar refractivity (Wildman–Crippen MR) is 85.5 cm³/mol. The number of benzene rings is 1. The van der Waals surface area contributed by atoms with Crippen LogP contribution in [0.15, 0.2) is 24.3 Å². The molecule has 0 atom stereocenters. The highest BCUT2D eigenvalue weighted by Gasteiger charge is 2.34. The van der Waals surface area contributed by atoms with E-state index in [1.165, 1.54) is 16.4 Å². The summed E-state index contributed by atoms with van der Waals surface area (Å²) >= 11 is 0. The van der Waals surface area contributed by atoms with Gasteiger partial charge < -0.3 is 0 Å². The van der Waals surface area contributed by atoms with Gasteiger partial charge in [0.15, 0.2) is 0 Å². The molecule has 1 fully saturated rings. The van der Waals surface area contributed by atoms with Crippen LogP contribution in [0, 0.1) is 0 Å². The summed E-state index contributed by atoms with van der Waals surface area (Å²) in [7, 11) is -3.53. The molecule has 0 unspecified atom stereocenters. The van der Waals surface area contributed by atoms with Crippen molar-refractivity contribution in [1.82, 2.24) is 13.9 Å². The smallest absolute Gasteiger partial charge is 0.296 e. The highest BCUT2D eigenvalue weighted by atomic mass is 32.2. The molecule has 24 heavy (non-hydrogen) atoms. The standard InChI is InChI=1S/C15H22F3N3O2S/c1-12(2)19-24(22,23)21-9-7-20(8-10-21)11-13-5-3-4-6-14(13)15(16,17)18/h3-6,12,19H,7-11H2,1-2H3. The molecule has 1 aliphatic heterocycles. The summed E-state index contributed by atoms with van der Waals surface area (Å²) in [4.78, 5) is 1.84. The van der Waals surface area contributed by atoms with Crippen molar-refractivity contribution < 1.29 is 21.6 Å². The van der Waals surface area contributed by atoms with Gasteiger partial charge in [-0.05, 0) is 25.5 Å². The number of hydrogen-bond acceptors (Lipinski definition) is 3. The van der Waals surface area contributed by atoms with E-state index in [2.05, 4.69) is 4.72 Å². The maximum Gasteiger partial charge on any atom is 0.416 e. The second kappa shape index (κ2) is 7.38. The molecule has 5 nitrogen and oxygen atoms in total. The SMILES string of the molecule is CC(C)NS(=O)(=O)N1CCN(Cc2ccccc2C(F)(F)F)CC1. The van der Waals surface area contributed by atoms with Gasteiger partial charge in [0.05, 0.1) is 5.56 Å². The van der Waals surface area contributed by atoms with Crippen LogP contribution in [0.2, 0.25) is 0 Å². The Hall–Kier alpha value is -1.16. The van der Waals surface area contributed by atoms with E-state index in [0.717, 1.165) is 6.07 Å². The second-order valence-electron chi connectivity index (χ2n) is 6.11. The molecule has 1 aromatic carbocycles. The fourth-order valence-corrected chi connectivity index (χ4v) is 4.06. The average Bonchev–Trinajstić information content (AvgIpc) is 2.46. The van der Waals surface area contributed by atoms with E-state index in [4.69, 9.17) is 0 Å². The van der Waals surface area contributed by atoms with Crippen molar-refractivity contribution in [1.29, 1.82) is 0 Å². The first-order valence-electron chi connectivity index (χ1n) is 7.74. The van der Waals surface area contributed by atoms with Gasteiger partial charge in [-0.3, -0.25) is 4.90 Å². The molecule has 1 aromatic rings. The summed E-state index contributed by atoms with van der Waals surface area (Å²) < 4.78 is 67.1. The zero-order valence-electron chi connectivity index (χ0n) is 13.7. The highest BCUT2D eigenvalue weighted by molar-refractivity contribution is 7.87. The first kappa shape index (κ1) is 19.2. The van der Waals surface area contributed by atoms with Crippen molar-refractivity contribution in [2.45, 2.75) is 32.6 Å². The molecule has 0 spiro atoms. The van der Waals surface area contributed by atoms with Crippen molar-refractivity contribution >= 4 is 10.2 Å². The minimum atomic E-state index is -4.39. The monoisotopic (exact) mass is 365 g/mol. The van der Waals surface area contributed by atoms with Gasteiger partial charge in [0.25, 0.3) is 10.2 Å².